The molecule has 0 saturated carbocycles. The van der Waals surface area contributed by atoms with Crippen LogP contribution in [0.3, 0.4) is 0 Å². The lowest BCUT2D eigenvalue weighted by Gasteiger charge is -2.12. The Labute approximate surface area is 68.6 Å². The van der Waals surface area contributed by atoms with Crippen molar-refractivity contribution in [2.75, 3.05) is 7.05 Å². The molecule has 0 unspecified atom stereocenters. The molecule has 0 spiro atoms. The topological polar surface area (TPSA) is 46.3 Å². The molecule has 0 atom stereocenters. The van der Waals surface area contributed by atoms with E-state index in [4.69, 9.17) is 5.73 Å². The summed E-state index contributed by atoms with van der Waals surface area (Å²) in [7, 11) is 1.67. The van der Waals surface area contributed by atoms with Gasteiger partial charge in [-0.15, -0.1) is 0 Å². The molecule has 1 radical (unpaired) electrons. The summed E-state index contributed by atoms with van der Waals surface area (Å²) in [5.41, 5.74) is 5.01. The molecule has 0 aromatic heterocycles. The third-order valence-electron chi connectivity index (χ3n) is 1.56. The summed E-state index contributed by atoms with van der Waals surface area (Å²) in [6.07, 6.45) is 4.48. The highest BCUT2D eigenvalue weighted by molar-refractivity contribution is 5.72. The predicted molar refractivity (Wildman–Crippen MR) is 45.8 cm³/mol. The van der Waals surface area contributed by atoms with Crippen LogP contribution in [0.4, 0.5) is 4.79 Å². The van der Waals surface area contributed by atoms with Crippen LogP contribution in [0.1, 0.15) is 32.6 Å². The van der Waals surface area contributed by atoms with E-state index in [0.717, 1.165) is 12.8 Å². The van der Waals surface area contributed by atoms with E-state index in [-0.39, 0.29) is 6.03 Å². The van der Waals surface area contributed by atoms with E-state index in [9.17, 15) is 4.79 Å². The molecular weight excluding hydrogens is 140 g/mol. The van der Waals surface area contributed by atoms with Gasteiger partial charge in [-0.2, -0.15) is 0 Å². The van der Waals surface area contributed by atoms with E-state index in [2.05, 4.69) is 6.92 Å². The highest BCUT2D eigenvalue weighted by atomic mass is 16.2. The third kappa shape index (κ3) is 5.70. The SMILES string of the molecule is CCCCC[CH]N(C)C(N)=O. The molecule has 3 heteroatoms. The smallest absolute Gasteiger partial charge is 0.314 e. The molecule has 2 N–H and O–H groups in total. The summed E-state index contributed by atoms with van der Waals surface area (Å²) < 4.78 is 0. The van der Waals surface area contributed by atoms with Crippen molar-refractivity contribution in [2.45, 2.75) is 32.6 Å². The van der Waals surface area contributed by atoms with E-state index in [1.165, 1.54) is 17.7 Å². The number of amides is 2. The fraction of sp³-hybridized carbons (Fsp3) is 0.750. The van der Waals surface area contributed by atoms with Crippen LogP contribution in [0.2, 0.25) is 0 Å². The lowest BCUT2D eigenvalue weighted by atomic mass is 10.2. The van der Waals surface area contributed by atoms with Crippen LogP contribution >= 0.6 is 0 Å². The van der Waals surface area contributed by atoms with Crippen molar-refractivity contribution in [2.24, 2.45) is 5.73 Å². The second kappa shape index (κ2) is 6.01. The van der Waals surface area contributed by atoms with Gasteiger partial charge in [0.05, 0.1) is 6.54 Å². The van der Waals surface area contributed by atoms with E-state index in [0.29, 0.717) is 0 Å². The molecule has 0 bridgehead atoms. The monoisotopic (exact) mass is 157 g/mol. The number of primary amides is 1. The van der Waals surface area contributed by atoms with Gasteiger partial charge >= 0.3 is 6.03 Å². The van der Waals surface area contributed by atoms with Gasteiger partial charge in [0.1, 0.15) is 0 Å². The van der Waals surface area contributed by atoms with Gasteiger partial charge in [0.2, 0.25) is 0 Å². The van der Waals surface area contributed by atoms with Crippen molar-refractivity contribution in [1.82, 2.24) is 4.90 Å². The molecule has 0 aliphatic carbocycles. The largest absolute Gasteiger partial charge is 0.351 e. The molecule has 0 fully saturated rings. The van der Waals surface area contributed by atoms with Crippen molar-refractivity contribution >= 4 is 6.03 Å². The highest BCUT2D eigenvalue weighted by Crippen LogP contribution is 2.02. The van der Waals surface area contributed by atoms with Gasteiger partial charge < -0.3 is 10.6 Å². The molecule has 0 heterocycles. The average molecular weight is 157 g/mol. The number of nitrogens with two attached hydrogens (primary N) is 1. The Kier molecular flexibility index (Phi) is 5.61. The second-order valence-corrected chi connectivity index (χ2v) is 2.63. The van der Waals surface area contributed by atoms with Gasteiger partial charge in [-0.1, -0.05) is 26.2 Å². The Bertz CT molecular complexity index is 115. The number of hydrogen-bond acceptors (Lipinski definition) is 1. The predicted octanol–water partition coefficient (Wildman–Crippen LogP) is 1.74. The lowest BCUT2D eigenvalue weighted by molar-refractivity contribution is 0.226. The van der Waals surface area contributed by atoms with Gasteiger partial charge in [-0.25, -0.2) is 4.79 Å². The molecule has 2 amide bonds. The Morgan fingerprint density at radius 2 is 2.18 bits per heavy atom. The number of unbranched alkanes of at least 4 members (excludes halogenated alkanes) is 3. The Balaban J connectivity index is 3.17. The number of carbonyl (C=O) groups excluding carboxylic acids is 1. The van der Waals surface area contributed by atoms with E-state index in [1.807, 2.05) is 6.54 Å². The molecule has 0 aromatic rings. The van der Waals surface area contributed by atoms with Crippen molar-refractivity contribution in [3.63, 3.8) is 0 Å². The van der Waals surface area contributed by atoms with Crippen LogP contribution in [0, 0.1) is 6.54 Å². The minimum absolute atomic E-state index is 0.388. The van der Waals surface area contributed by atoms with Crippen LogP contribution in [-0.4, -0.2) is 18.0 Å². The second-order valence-electron chi connectivity index (χ2n) is 2.63. The standard InChI is InChI=1S/C8H17N2O/c1-3-4-5-6-7-10(2)8(9)11/h7H,3-6H2,1-2H3,(H2,9,11). The maximum Gasteiger partial charge on any atom is 0.314 e. The Morgan fingerprint density at radius 1 is 1.55 bits per heavy atom. The molecule has 0 aliphatic heterocycles. The van der Waals surface area contributed by atoms with E-state index >= 15 is 0 Å². The summed E-state index contributed by atoms with van der Waals surface area (Å²) in [6, 6.07) is -0.388. The van der Waals surface area contributed by atoms with Crippen molar-refractivity contribution in [1.29, 1.82) is 0 Å². The Morgan fingerprint density at radius 3 is 2.64 bits per heavy atom. The summed E-state index contributed by atoms with van der Waals surface area (Å²) in [5.74, 6) is 0. The third-order valence-corrected chi connectivity index (χ3v) is 1.56. The van der Waals surface area contributed by atoms with E-state index in [1.54, 1.807) is 7.05 Å². The molecule has 0 saturated heterocycles. The first-order valence-corrected chi connectivity index (χ1v) is 4.04. The van der Waals surface area contributed by atoms with Crippen LogP contribution < -0.4 is 5.73 Å². The summed E-state index contributed by atoms with van der Waals surface area (Å²) in [6.45, 7) is 3.98. The van der Waals surface area contributed by atoms with Crippen molar-refractivity contribution < 1.29 is 4.79 Å². The van der Waals surface area contributed by atoms with Crippen LogP contribution in [0.25, 0.3) is 0 Å². The minimum atomic E-state index is -0.388. The number of carbonyl (C=O) groups is 1. The highest BCUT2D eigenvalue weighted by Gasteiger charge is 2.01. The quantitative estimate of drug-likeness (QED) is 0.607. The number of urea groups is 1. The van der Waals surface area contributed by atoms with Gasteiger partial charge in [0.25, 0.3) is 0 Å². The summed E-state index contributed by atoms with van der Waals surface area (Å²) >= 11 is 0. The molecule has 11 heavy (non-hydrogen) atoms. The van der Waals surface area contributed by atoms with E-state index < -0.39 is 0 Å². The molecule has 0 aromatic carbocycles. The molecular formula is C8H17N2O. The fourth-order valence-corrected chi connectivity index (χ4v) is 0.769. The van der Waals surface area contributed by atoms with Crippen LogP contribution in [0.15, 0.2) is 0 Å². The van der Waals surface area contributed by atoms with Gasteiger partial charge in [-0.3, -0.25) is 0 Å². The lowest BCUT2D eigenvalue weighted by Crippen LogP contribution is -2.29. The van der Waals surface area contributed by atoms with Gasteiger partial charge in [0, 0.05) is 7.05 Å². The van der Waals surface area contributed by atoms with Crippen LogP contribution in [0.5, 0.6) is 0 Å². The summed E-state index contributed by atoms with van der Waals surface area (Å²) in [5, 5.41) is 0. The fourth-order valence-electron chi connectivity index (χ4n) is 0.769. The van der Waals surface area contributed by atoms with Gasteiger partial charge in [-0.05, 0) is 6.42 Å². The molecule has 0 aliphatic rings. The number of rotatable bonds is 5. The zero-order valence-corrected chi connectivity index (χ0v) is 7.34. The van der Waals surface area contributed by atoms with Gasteiger partial charge in [0.15, 0.2) is 0 Å². The Hall–Kier alpha value is -0.730. The molecule has 3 nitrogen and oxygen atoms in total. The van der Waals surface area contributed by atoms with Crippen LogP contribution in [-0.2, 0) is 0 Å². The normalized spacial score (nSPS) is 9.64. The number of hydrogen-bond donors (Lipinski definition) is 1. The summed E-state index contributed by atoms with van der Waals surface area (Å²) in [4.78, 5) is 11.9. The molecule has 65 valence electrons. The first kappa shape index (κ1) is 10.3. The molecule has 0 rings (SSSR count). The first-order valence-electron chi connectivity index (χ1n) is 4.04. The van der Waals surface area contributed by atoms with Crippen molar-refractivity contribution in [3.8, 4) is 0 Å². The number of nitrogens with zero attached hydrogens (tertiary/aromatic N) is 1. The average Bonchev–Trinajstić information content (AvgIpc) is 1.97. The van der Waals surface area contributed by atoms with Crippen molar-refractivity contribution in [3.05, 3.63) is 6.54 Å². The first-order chi connectivity index (χ1) is 5.18. The maximum absolute atomic E-state index is 10.5. The zero-order valence-electron chi connectivity index (χ0n) is 7.34. The maximum atomic E-state index is 10.5. The zero-order chi connectivity index (χ0) is 8.69. The minimum Gasteiger partial charge on any atom is -0.351 e.